The molecule has 31 heavy (non-hydrogen) atoms. The summed E-state index contributed by atoms with van der Waals surface area (Å²) in [5, 5.41) is 15.5. The number of nitrogens with one attached hydrogen (secondary N) is 2. The van der Waals surface area contributed by atoms with Crippen LogP contribution in [0.15, 0.2) is 79.0 Å². The number of nitro benzene ring substituents is 1. The van der Waals surface area contributed by atoms with E-state index < -0.39 is 4.92 Å². The van der Waals surface area contributed by atoms with E-state index in [2.05, 4.69) is 10.3 Å². The third-order valence-electron chi connectivity index (χ3n) is 5.29. The van der Waals surface area contributed by atoms with Crippen molar-refractivity contribution >= 4 is 34.1 Å². The number of nitro groups is 1. The van der Waals surface area contributed by atoms with E-state index in [1.165, 1.54) is 12.1 Å². The van der Waals surface area contributed by atoms with Crippen molar-refractivity contribution in [2.24, 2.45) is 0 Å². The highest BCUT2D eigenvalue weighted by molar-refractivity contribution is 6.31. The number of carbonyl (C=O) groups excluding carboxylic acids is 1. The van der Waals surface area contributed by atoms with Crippen LogP contribution in [0.4, 0.5) is 5.69 Å². The number of amides is 1. The highest BCUT2D eigenvalue weighted by Gasteiger charge is 2.21. The summed E-state index contributed by atoms with van der Waals surface area (Å²) in [5.41, 5.74) is 3.72. The number of nitrogens with zero attached hydrogens (tertiary/aromatic N) is 1. The number of hydrogen-bond acceptors (Lipinski definition) is 3. The topological polar surface area (TPSA) is 88.0 Å². The molecule has 1 heterocycles. The molecule has 0 aliphatic heterocycles. The molecule has 0 saturated heterocycles. The summed E-state index contributed by atoms with van der Waals surface area (Å²) in [6.07, 6.45) is 2.10. The van der Waals surface area contributed by atoms with Gasteiger partial charge in [0.1, 0.15) is 0 Å². The van der Waals surface area contributed by atoms with Crippen LogP contribution in [0.2, 0.25) is 5.02 Å². The van der Waals surface area contributed by atoms with E-state index in [0.29, 0.717) is 17.1 Å². The second-order valence-electron chi connectivity index (χ2n) is 7.27. The molecule has 7 heteroatoms. The maximum Gasteiger partial charge on any atom is 0.269 e. The molecule has 2 N–H and O–H groups in total. The van der Waals surface area contributed by atoms with Gasteiger partial charge in [0.2, 0.25) is 5.91 Å². The molecule has 0 aliphatic rings. The van der Waals surface area contributed by atoms with Crippen molar-refractivity contribution in [3.05, 3.63) is 111 Å². The van der Waals surface area contributed by atoms with Crippen molar-refractivity contribution in [1.29, 1.82) is 0 Å². The second-order valence-corrected chi connectivity index (χ2v) is 7.68. The predicted octanol–water partition coefficient (Wildman–Crippen LogP) is 5.22. The van der Waals surface area contributed by atoms with Crippen LogP contribution in [0.25, 0.3) is 10.9 Å². The molecule has 4 rings (SSSR count). The normalized spacial score (nSPS) is 11.9. The third kappa shape index (κ3) is 4.59. The number of H-pyrrole nitrogens is 1. The minimum atomic E-state index is -0.459. The fraction of sp³-hybridized carbons (Fsp3) is 0.125. The van der Waals surface area contributed by atoms with Crippen molar-refractivity contribution in [1.82, 2.24) is 10.3 Å². The van der Waals surface area contributed by atoms with Crippen LogP contribution in [-0.4, -0.2) is 22.4 Å². The molecule has 156 valence electrons. The molecule has 1 aromatic heterocycles. The molecule has 0 unspecified atom stereocenters. The Kier molecular flexibility index (Phi) is 6.00. The first-order valence-electron chi connectivity index (χ1n) is 9.83. The SMILES string of the molecule is O=C(Cc1ccc([N+](=O)[O-])cc1)NC[C@@H](c1ccccc1Cl)c1c[nH]c2ccccc12. The second kappa shape index (κ2) is 9.02. The van der Waals surface area contributed by atoms with Gasteiger partial charge in [-0.15, -0.1) is 0 Å². The average Bonchev–Trinajstić information content (AvgIpc) is 3.19. The molecule has 1 amide bonds. The Morgan fingerprint density at radius 1 is 1.00 bits per heavy atom. The molecule has 0 fully saturated rings. The average molecular weight is 434 g/mol. The molecule has 0 saturated carbocycles. The summed E-state index contributed by atoms with van der Waals surface area (Å²) in [4.78, 5) is 26.2. The van der Waals surface area contributed by atoms with Gasteiger partial charge >= 0.3 is 0 Å². The third-order valence-corrected chi connectivity index (χ3v) is 5.64. The van der Waals surface area contributed by atoms with Crippen LogP contribution in [0.1, 0.15) is 22.6 Å². The molecule has 0 bridgehead atoms. The summed E-state index contributed by atoms with van der Waals surface area (Å²) in [6, 6.07) is 21.6. The zero-order valence-electron chi connectivity index (χ0n) is 16.5. The van der Waals surface area contributed by atoms with Crippen molar-refractivity contribution < 1.29 is 9.72 Å². The van der Waals surface area contributed by atoms with Gasteiger partial charge < -0.3 is 10.3 Å². The number of fused-ring (bicyclic) bond motifs is 1. The quantitative estimate of drug-likeness (QED) is 0.309. The number of aromatic amines is 1. The van der Waals surface area contributed by atoms with Gasteiger partial charge in [0.05, 0.1) is 11.3 Å². The first-order chi connectivity index (χ1) is 15.0. The van der Waals surface area contributed by atoms with Gasteiger partial charge in [-0.25, -0.2) is 0 Å². The van der Waals surface area contributed by atoms with Gasteiger partial charge in [-0.2, -0.15) is 0 Å². The van der Waals surface area contributed by atoms with Crippen LogP contribution >= 0.6 is 11.6 Å². The number of rotatable bonds is 7. The number of halogens is 1. The highest BCUT2D eigenvalue weighted by atomic mass is 35.5. The van der Waals surface area contributed by atoms with E-state index in [1.54, 1.807) is 12.1 Å². The molecular weight excluding hydrogens is 414 g/mol. The number of hydrogen-bond donors (Lipinski definition) is 2. The van der Waals surface area contributed by atoms with E-state index >= 15 is 0 Å². The maximum atomic E-state index is 12.6. The van der Waals surface area contributed by atoms with Gasteiger partial charge in [0.15, 0.2) is 0 Å². The molecule has 0 spiro atoms. The smallest absolute Gasteiger partial charge is 0.269 e. The Hall–Kier alpha value is -3.64. The number of carbonyl (C=O) groups is 1. The first kappa shape index (κ1) is 20.6. The summed E-state index contributed by atoms with van der Waals surface area (Å²) >= 11 is 6.49. The van der Waals surface area contributed by atoms with Crippen LogP contribution in [0.3, 0.4) is 0 Å². The van der Waals surface area contributed by atoms with Gasteiger partial charge in [-0.3, -0.25) is 14.9 Å². The fourth-order valence-electron chi connectivity index (χ4n) is 3.73. The van der Waals surface area contributed by atoms with E-state index in [1.807, 2.05) is 54.7 Å². The van der Waals surface area contributed by atoms with Gasteiger partial charge in [0, 0.05) is 46.7 Å². The minimum absolute atomic E-state index is 0.00211. The summed E-state index contributed by atoms with van der Waals surface area (Å²) < 4.78 is 0. The highest BCUT2D eigenvalue weighted by Crippen LogP contribution is 2.34. The Morgan fingerprint density at radius 2 is 1.71 bits per heavy atom. The lowest BCUT2D eigenvalue weighted by atomic mass is 9.90. The predicted molar refractivity (Wildman–Crippen MR) is 121 cm³/mol. The number of aromatic nitrogens is 1. The zero-order chi connectivity index (χ0) is 21.8. The number of para-hydroxylation sites is 1. The lowest BCUT2D eigenvalue weighted by molar-refractivity contribution is -0.384. The lowest BCUT2D eigenvalue weighted by Gasteiger charge is -2.19. The molecule has 0 radical (unpaired) electrons. The Balaban J connectivity index is 1.55. The van der Waals surface area contributed by atoms with Crippen LogP contribution in [0.5, 0.6) is 0 Å². The molecule has 0 aliphatic carbocycles. The molecule has 4 aromatic rings. The minimum Gasteiger partial charge on any atom is -0.361 e. The van der Waals surface area contributed by atoms with Crippen LogP contribution in [0, 0.1) is 10.1 Å². The van der Waals surface area contributed by atoms with E-state index in [9.17, 15) is 14.9 Å². The fourth-order valence-corrected chi connectivity index (χ4v) is 3.99. The van der Waals surface area contributed by atoms with Crippen molar-refractivity contribution in [3.63, 3.8) is 0 Å². The molecule has 6 nitrogen and oxygen atoms in total. The van der Waals surface area contributed by atoms with Crippen molar-refractivity contribution in [2.75, 3.05) is 6.54 Å². The lowest BCUT2D eigenvalue weighted by Crippen LogP contribution is -2.30. The summed E-state index contributed by atoms with van der Waals surface area (Å²) in [6.45, 7) is 0.372. The van der Waals surface area contributed by atoms with E-state index in [-0.39, 0.29) is 23.9 Å². The van der Waals surface area contributed by atoms with Gasteiger partial charge in [-0.1, -0.05) is 60.1 Å². The first-order valence-corrected chi connectivity index (χ1v) is 10.2. The Labute approximate surface area is 184 Å². The van der Waals surface area contributed by atoms with Crippen molar-refractivity contribution in [2.45, 2.75) is 12.3 Å². The Morgan fingerprint density at radius 3 is 2.45 bits per heavy atom. The van der Waals surface area contributed by atoms with Gasteiger partial charge in [-0.05, 0) is 28.8 Å². The monoisotopic (exact) mass is 433 g/mol. The summed E-state index contributed by atoms with van der Waals surface area (Å²) in [5.74, 6) is -0.295. The molecular formula is C24H20ClN3O3. The standard InChI is InChI=1S/C24H20ClN3O3/c25-22-7-3-1-5-18(22)20(21-14-26-23-8-4-2-6-19(21)23)15-27-24(29)13-16-9-11-17(12-10-16)28(30)31/h1-12,14,20,26H,13,15H2,(H,27,29)/t20-/m0/s1. The summed E-state index contributed by atoms with van der Waals surface area (Å²) in [7, 11) is 0. The zero-order valence-corrected chi connectivity index (χ0v) is 17.3. The van der Waals surface area contributed by atoms with Crippen LogP contribution < -0.4 is 5.32 Å². The van der Waals surface area contributed by atoms with Crippen LogP contribution in [-0.2, 0) is 11.2 Å². The Bertz CT molecular complexity index is 1230. The number of benzene rings is 3. The largest absolute Gasteiger partial charge is 0.361 e. The molecule has 1 atom stereocenters. The van der Waals surface area contributed by atoms with E-state index in [4.69, 9.17) is 11.6 Å². The molecule has 3 aromatic carbocycles. The van der Waals surface area contributed by atoms with Crippen molar-refractivity contribution in [3.8, 4) is 0 Å². The maximum absolute atomic E-state index is 12.6. The van der Waals surface area contributed by atoms with Gasteiger partial charge in [0.25, 0.3) is 5.69 Å². The number of non-ortho nitro benzene ring substituents is 1. The van der Waals surface area contributed by atoms with E-state index in [0.717, 1.165) is 22.0 Å².